The van der Waals surface area contributed by atoms with Crippen LogP contribution in [0.3, 0.4) is 0 Å². The molecule has 0 heterocycles. The fourth-order valence-electron chi connectivity index (χ4n) is 3.24. The van der Waals surface area contributed by atoms with E-state index in [1.807, 2.05) is 19.9 Å². The Balaban J connectivity index is 2.62. The molecule has 2 aromatic rings. The summed E-state index contributed by atoms with van der Waals surface area (Å²) in [6, 6.07) is 13.2. The molecule has 0 saturated heterocycles. The van der Waals surface area contributed by atoms with Crippen molar-refractivity contribution in [1.82, 2.24) is 5.43 Å². The van der Waals surface area contributed by atoms with Crippen LogP contribution in [0.5, 0.6) is 0 Å². The van der Waals surface area contributed by atoms with Gasteiger partial charge in [-0.05, 0) is 87.9 Å². The van der Waals surface area contributed by atoms with Gasteiger partial charge < -0.3 is 0 Å². The van der Waals surface area contributed by atoms with Crippen molar-refractivity contribution in [2.45, 2.75) is 54.0 Å². The van der Waals surface area contributed by atoms with E-state index in [1.165, 1.54) is 11.1 Å². The van der Waals surface area contributed by atoms with Crippen LogP contribution in [0.1, 0.15) is 44.4 Å². The molecule has 0 aromatic heterocycles. The minimum absolute atomic E-state index is 0.264. The first-order valence-corrected chi connectivity index (χ1v) is 10.4. The predicted molar refractivity (Wildman–Crippen MR) is 132 cm³/mol. The summed E-state index contributed by atoms with van der Waals surface area (Å²) < 4.78 is 0. The van der Waals surface area contributed by atoms with Crippen molar-refractivity contribution in [3.05, 3.63) is 77.4 Å². The minimum atomic E-state index is 0.264. The molecule has 0 unspecified atom stereocenters. The molecule has 0 fully saturated rings. The van der Waals surface area contributed by atoms with Gasteiger partial charge >= 0.3 is 0 Å². The van der Waals surface area contributed by atoms with Crippen molar-refractivity contribution in [3.63, 3.8) is 0 Å². The molecule has 0 bridgehead atoms. The first kappa shape index (κ1) is 23.2. The van der Waals surface area contributed by atoms with Gasteiger partial charge in [0.1, 0.15) is 5.71 Å². The van der Waals surface area contributed by atoms with Gasteiger partial charge in [0, 0.05) is 11.6 Å². The van der Waals surface area contributed by atoms with Gasteiger partial charge in [0.15, 0.2) is 0 Å². The highest BCUT2D eigenvalue weighted by Crippen LogP contribution is 2.31. The number of hydrogen-bond donors (Lipinski definition) is 1. The topological polar surface area (TPSA) is 27.6 Å². The van der Waals surface area contributed by atoms with Crippen LogP contribution < -0.4 is 10.4 Å². The van der Waals surface area contributed by atoms with Gasteiger partial charge in [-0.15, -0.1) is 6.42 Å². The van der Waals surface area contributed by atoms with Crippen molar-refractivity contribution in [3.8, 4) is 12.3 Å². The molecule has 156 valence electrons. The van der Waals surface area contributed by atoms with Crippen LogP contribution >= 0.6 is 0 Å². The number of hydrogen-bond acceptors (Lipinski definition) is 3. The van der Waals surface area contributed by atoms with Gasteiger partial charge in [-0.3, -0.25) is 5.01 Å². The molecule has 0 aliphatic rings. The van der Waals surface area contributed by atoms with Crippen molar-refractivity contribution >= 4 is 22.8 Å². The van der Waals surface area contributed by atoms with Gasteiger partial charge in [0.2, 0.25) is 0 Å². The summed E-state index contributed by atoms with van der Waals surface area (Å²) in [5.41, 5.74) is 11.6. The molecule has 3 heteroatoms. The predicted octanol–water partition coefficient (Wildman–Crippen LogP) is 6.75. The minimum Gasteiger partial charge on any atom is -0.277 e. The SMILES string of the molecule is C#CC(=N\c1cc(N(NC(C)C)c2cc(C)cc(CC)c2)ccc1C)/C(C=C)=C/C. The van der Waals surface area contributed by atoms with E-state index in [9.17, 15) is 0 Å². The molecule has 0 aliphatic heterocycles. The Bertz CT molecular complexity index is 1000. The van der Waals surface area contributed by atoms with E-state index in [0.717, 1.165) is 34.6 Å². The van der Waals surface area contributed by atoms with Gasteiger partial charge in [-0.25, -0.2) is 10.4 Å². The van der Waals surface area contributed by atoms with Crippen molar-refractivity contribution in [2.75, 3.05) is 5.01 Å². The zero-order chi connectivity index (χ0) is 22.3. The maximum atomic E-state index is 5.73. The molecule has 3 nitrogen and oxygen atoms in total. The lowest BCUT2D eigenvalue weighted by molar-refractivity contribution is 0.599. The Labute approximate surface area is 182 Å². The number of nitrogens with one attached hydrogen (secondary N) is 1. The van der Waals surface area contributed by atoms with Crippen LogP contribution in [0.4, 0.5) is 17.1 Å². The van der Waals surface area contributed by atoms with Crippen LogP contribution in [0.2, 0.25) is 0 Å². The van der Waals surface area contributed by atoms with Crippen LogP contribution in [0, 0.1) is 26.2 Å². The zero-order valence-corrected chi connectivity index (χ0v) is 19.1. The largest absolute Gasteiger partial charge is 0.277 e. The lowest BCUT2D eigenvalue weighted by Crippen LogP contribution is -2.39. The van der Waals surface area contributed by atoms with E-state index in [2.05, 4.69) is 87.0 Å². The van der Waals surface area contributed by atoms with Crippen molar-refractivity contribution in [1.29, 1.82) is 0 Å². The average Bonchev–Trinajstić information content (AvgIpc) is 2.72. The zero-order valence-electron chi connectivity index (χ0n) is 19.1. The Morgan fingerprint density at radius 2 is 1.93 bits per heavy atom. The number of nitrogens with zero attached hydrogens (tertiary/aromatic N) is 2. The normalized spacial score (nSPS) is 12.1. The number of anilines is 2. The van der Waals surface area contributed by atoms with E-state index in [4.69, 9.17) is 11.4 Å². The second-order valence-electron chi connectivity index (χ2n) is 7.67. The Hall–Kier alpha value is -3.09. The number of terminal acetylenes is 1. The second-order valence-corrected chi connectivity index (χ2v) is 7.67. The summed E-state index contributed by atoms with van der Waals surface area (Å²) in [6.07, 6.45) is 10.4. The van der Waals surface area contributed by atoms with E-state index in [1.54, 1.807) is 6.08 Å². The monoisotopic (exact) mass is 399 g/mol. The van der Waals surface area contributed by atoms with E-state index >= 15 is 0 Å². The highest BCUT2D eigenvalue weighted by atomic mass is 15.5. The van der Waals surface area contributed by atoms with Crippen LogP contribution in [-0.2, 0) is 6.42 Å². The molecule has 0 spiro atoms. The quantitative estimate of drug-likeness (QED) is 0.230. The van der Waals surface area contributed by atoms with Crippen LogP contribution in [0.25, 0.3) is 0 Å². The number of rotatable bonds is 8. The van der Waals surface area contributed by atoms with Crippen molar-refractivity contribution < 1.29 is 0 Å². The van der Waals surface area contributed by atoms with E-state index < -0.39 is 0 Å². The lowest BCUT2D eigenvalue weighted by atomic mass is 10.1. The molecule has 0 amide bonds. The molecule has 0 aliphatic carbocycles. The number of benzene rings is 2. The summed E-state index contributed by atoms with van der Waals surface area (Å²) in [5, 5.41) is 2.13. The van der Waals surface area contributed by atoms with E-state index in [-0.39, 0.29) is 6.04 Å². The standard InChI is InChI=1S/C27H33N3/c1-9-22-15-20(7)16-25(17-22)30(29-19(5)6)24-14-13-21(8)27(18-24)28-26(12-4)23(10-2)11-3/h4,10-11,13-19,29H,2,9H2,1,3,5-8H3/b23-11+,28-26+. The highest BCUT2D eigenvalue weighted by Gasteiger charge is 2.14. The number of hydrazine groups is 1. The van der Waals surface area contributed by atoms with Gasteiger partial charge in [0.05, 0.1) is 17.1 Å². The Morgan fingerprint density at radius 3 is 2.50 bits per heavy atom. The molecule has 30 heavy (non-hydrogen) atoms. The van der Waals surface area contributed by atoms with Gasteiger partial charge in [-0.2, -0.15) is 0 Å². The smallest absolute Gasteiger partial charge is 0.120 e. The van der Waals surface area contributed by atoms with Crippen LogP contribution in [-0.4, -0.2) is 11.8 Å². The summed E-state index contributed by atoms with van der Waals surface area (Å²) in [4.78, 5) is 4.77. The van der Waals surface area contributed by atoms with E-state index in [0.29, 0.717) is 5.71 Å². The molecular weight excluding hydrogens is 366 g/mol. The lowest BCUT2D eigenvalue weighted by Gasteiger charge is -2.29. The Kier molecular flexibility index (Phi) is 8.21. The molecule has 2 rings (SSSR count). The summed E-state index contributed by atoms with van der Waals surface area (Å²) in [7, 11) is 0. The van der Waals surface area contributed by atoms with Gasteiger partial charge in [0.25, 0.3) is 0 Å². The first-order valence-electron chi connectivity index (χ1n) is 10.4. The molecular formula is C27H33N3. The number of aryl methyl sites for hydroxylation is 3. The maximum Gasteiger partial charge on any atom is 0.120 e. The molecule has 0 saturated carbocycles. The fraction of sp³-hybridized carbons (Fsp3) is 0.296. The molecule has 1 N–H and O–H groups in total. The first-order chi connectivity index (χ1) is 14.3. The fourth-order valence-corrected chi connectivity index (χ4v) is 3.24. The Morgan fingerprint density at radius 1 is 1.20 bits per heavy atom. The highest BCUT2D eigenvalue weighted by molar-refractivity contribution is 6.15. The molecule has 2 aromatic carbocycles. The maximum absolute atomic E-state index is 5.73. The number of aliphatic imine (C=N–C) groups is 1. The third-order valence-corrected chi connectivity index (χ3v) is 4.80. The third-order valence-electron chi connectivity index (χ3n) is 4.80. The molecule has 0 atom stereocenters. The summed E-state index contributed by atoms with van der Waals surface area (Å²) in [5.74, 6) is 2.70. The third kappa shape index (κ3) is 5.72. The van der Waals surface area contributed by atoms with Crippen molar-refractivity contribution in [2.24, 2.45) is 4.99 Å². The molecule has 0 radical (unpaired) electrons. The van der Waals surface area contributed by atoms with Gasteiger partial charge in [-0.1, -0.05) is 37.8 Å². The van der Waals surface area contributed by atoms with Crippen LogP contribution in [0.15, 0.2) is 65.7 Å². The second kappa shape index (κ2) is 10.6. The summed E-state index contributed by atoms with van der Waals surface area (Å²) in [6.45, 7) is 16.4. The average molecular weight is 400 g/mol. The summed E-state index contributed by atoms with van der Waals surface area (Å²) >= 11 is 0. The number of allylic oxidation sites excluding steroid dienone is 3.